The Morgan fingerprint density at radius 2 is 0.900 bits per heavy atom. The Morgan fingerprint density at radius 1 is 0.450 bits per heavy atom. The lowest BCUT2D eigenvalue weighted by atomic mass is 9.70. The molecule has 0 aromatic heterocycles. The second-order valence-electron chi connectivity index (χ2n) is 12.3. The molecule has 0 saturated carbocycles. The van der Waals surface area contributed by atoms with Crippen molar-refractivity contribution < 1.29 is 9.31 Å². The molecule has 2 nitrogen and oxygen atoms in total. The maximum atomic E-state index is 6.32. The molecule has 5 aromatic rings. The van der Waals surface area contributed by atoms with Gasteiger partial charge in [0.1, 0.15) is 0 Å². The van der Waals surface area contributed by atoms with Crippen molar-refractivity contribution in [2.24, 2.45) is 0 Å². The van der Waals surface area contributed by atoms with Gasteiger partial charge in [0.05, 0.1) is 16.6 Å². The predicted molar refractivity (Wildman–Crippen MR) is 164 cm³/mol. The first-order valence-corrected chi connectivity index (χ1v) is 14.2. The van der Waals surface area contributed by atoms with Crippen LogP contribution in [-0.4, -0.2) is 18.3 Å². The first kappa shape index (κ1) is 23.9. The zero-order valence-corrected chi connectivity index (χ0v) is 23.4. The minimum absolute atomic E-state index is 0.322. The van der Waals surface area contributed by atoms with Gasteiger partial charge in [-0.05, 0) is 88.8 Å². The minimum Gasteiger partial charge on any atom is -0.399 e. The van der Waals surface area contributed by atoms with Gasteiger partial charge in [-0.2, -0.15) is 0 Å². The van der Waals surface area contributed by atoms with Crippen molar-refractivity contribution in [3.8, 4) is 33.4 Å². The Kier molecular flexibility index (Phi) is 4.83. The molecule has 0 N–H and O–H groups in total. The van der Waals surface area contributed by atoms with E-state index in [0.29, 0.717) is 0 Å². The third-order valence-electron chi connectivity index (χ3n) is 9.77. The number of hydrogen-bond acceptors (Lipinski definition) is 2. The summed E-state index contributed by atoms with van der Waals surface area (Å²) in [6, 6.07) is 42.5. The summed E-state index contributed by atoms with van der Waals surface area (Å²) < 4.78 is 12.6. The zero-order chi connectivity index (χ0) is 27.3. The number of rotatable bonds is 2. The van der Waals surface area contributed by atoms with E-state index in [1.165, 1.54) is 55.6 Å². The normalized spacial score (nSPS) is 18.4. The van der Waals surface area contributed by atoms with Gasteiger partial charge in [-0.1, -0.05) is 115 Å². The summed E-state index contributed by atoms with van der Waals surface area (Å²) in [5.74, 6) is 0. The van der Waals surface area contributed by atoms with Crippen molar-refractivity contribution in [3.63, 3.8) is 0 Å². The van der Waals surface area contributed by atoms with Crippen molar-refractivity contribution in [1.29, 1.82) is 0 Å². The largest absolute Gasteiger partial charge is 0.494 e. The molecule has 1 fully saturated rings. The van der Waals surface area contributed by atoms with Crippen molar-refractivity contribution in [3.05, 3.63) is 138 Å². The first-order valence-electron chi connectivity index (χ1n) is 14.2. The summed E-state index contributed by atoms with van der Waals surface area (Å²) in [5, 5.41) is 0. The standard InChI is InChI=1S/C37H31BO2/c1-35(2)36(3,4)40-38(39-35)25-22-20-24(21-23-25)26-15-11-19-33-34(26)29-14-7-10-18-32(29)37(33)30-16-8-5-12-27(30)28-13-6-9-17-31(28)37/h5-23H,1-4H3. The van der Waals surface area contributed by atoms with Gasteiger partial charge in [0.2, 0.25) is 0 Å². The van der Waals surface area contributed by atoms with Crippen LogP contribution < -0.4 is 5.46 Å². The lowest BCUT2D eigenvalue weighted by Gasteiger charge is -2.32. The summed E-state index contributed by atoms with van der Waals surface area (Å²) >= 11 is 0. The van der Waals surface area contributed by atoms with Crippen LogP contribution in [0.5, 0.6) is 0 Å². The van der Waals surface area contributed by atoms with Gasteiger partial charge in [-0.3, -0.25) is 0 Å². The molecule has 0 amide bonds. The molecule has 40 heavy (non-hydrogen) atoms. The summed E-state index contributed by atoms with van der Waals surface area (Å²) in [4.78, 5) is 0. The Morgan fingerprint density at radius 3 is 1.48 bits per heavy atom. The molecule has 1 spiro atoms. The average molecular weight is 518 g/mol. The average Bonchev–Trinajstić information content (AvgIpc) is 3.53. The Bertz CT molecular complexity index is 1750. The molecule has 0 atom stereocenters. The fraction of sp³-hybridized carbons (Fsp3) is 0.189. The molecule has 194 valence electrons. The van der Waals surface area contributed by atoms with E-state index in [2.05, 4.69) is 143 Å². The maximum Gasteiger partial charge on any atom is 0.494 e. The van der Waals surface area contributed by atoms with Gasteiger partial charge >= 0.3 is 7.12 Å². The smallest absolute Gasteiger partial charge is 0.399 e. The summed E-state index contributed by atoms with van der Waals surface area (Å²) in [6.07, 6.45) is 0. The summed E-state index contributed by atoms with van der Waals surface area (Å²) in [7, 11) is -0.365. The highest BCUT2D eigenvalue weighted by molar-refractivity contribution is 6.62. The lowest BCUT2D eigenvalue weighted by Crippen LogP contribution is -2.41. The number of benzene rings is 5. The van der Waals surface area contributed by atoms with Crippen molar-refractivity contribution in [1.82, 2.24) is 0 Å². The number of hydrogen-bond donors (Lipinski definition) is 0. The fourth-order valence-electron chi connectivity index (χ4n) is 7.18. The Balaban J connectivity index is 1.32. The SMILES string of the molecule is CC1(C)OB(c2ccc(-c3cccc4c3-c3ccccc3C43c4ccccc4-c4ccccc43)cc2)OC1(C)C. The topological polar surface area (TPSA) is 18.5 Å². The summed E-state index contributed by atoms with van der Waals surface area (Å²) in [5.41, 5.74) is 13.2. The molecule has 5 aromatic carbocycles. The third-order valence-corrected chi connectivity index (χ3v) is 9.77. The molecule has 0 bridgehead atoms. The van der Waals surface area contributed by atoms with Crippen LogP contribution in [0.3, 0.4) is 0 Å². The molecule has 1 heterocycles. The Labute approximate surface area is 236 Å². The van der Waals surface area contributed by atoms with Gasteiger partial charge in [0.15, 0.2) is 0 Å². The Hall–Kier alpha value is -3.92. The van der Waals surface area contributed by atoms with Crippen LogP contribution in [0.25, 0.3) is 33.4 Å². The van der Waals surface area contributed by atoms with Crippen molar-refractivity contribution in [2.75, 3.05) is 0 Å². The highest BCUT2D eigenvalue weighted by Crippen LogP contribution is 2.63. The van der Waals surface area contributed by atoms with Crippen LogP contribution in [0.4, 0.5) is 0 Å². The van der Waals surface area contributed by atoms with Gasteiger partial charge in [-0.25, -0.2) is 0 Å². The second-order valence-corrected chi connectivity index (χ2v) is 12.3. The van der Waals surface area contributed by atoms with Crippen LogP contribution in [-0.2, 0) is 14.7 Å². The molecule has 0 unspecified atom stereocenters. The van der Waals surface area contributed by atoms with Gasteiger partial charge < -0.3 is 9.31 Å². The first-order chi connectivity index (χ1) is 19.3. The monoisotopic (exact) mass is 518 g/mol. The van der Waals surface area contributed by atoms with E-state index in [-0.39, 0.29) is 23.7 Å². The van der Waals surface area contributed by atoms with Gasteiger partial charge in [0.25, 0.3) is 0 Å². The van der Waals surface area contributed by atoms with Crippen molar-refractivity contribution >= 4 is 12.6 Å². The van der Waals surface area contributed by atoms with E-state index in [4.69, 9.17) is 9.31 Å². The molecular formula is C37H31BO2. The quantitative estimate of drug-likeness (QED) is 0.216. The van der Waals surface area contributed by atoms with E-state index in [1.54, 1.807) is 0 Å². The van der Waals surface area contributed by atoms with E-state index in [9.17, 15) is 0 Å². The third kappa shape index (κ3) is 2.97. The van der Waals surface area contributed by atoms with Crippen LogP contribution >= 0.6 is 0 Å². The van der Waals surface area contributed by atoms with E-state index < -0.39 is 0 Å². The second kappa shape index (κ2) is 8.07. The lowest BCUT2D eigenvalue weighted by molar-refractivity contribution is 0.00578. The van der Waals surface area contributed by atoms with Crippen LogP contribution in [0, 0.1) is 0 Å². The molecule has 0 radical (unpaired) electrons. The molecular weight excluding hydrogens is 487 g/mol. The van der Waals surface area contributed by atoms with Crippen molar-refractivity contribution in [2.45, 2.75) is 44.3 Å². The van der Waals surface area contributed by atoms with Gasteiger partial charge in [-0.15, -0.1) is 0 Å². The number of fused-ring (bicyclic) bond motifs is 10. The van der Waals surface area contributed by atoms with Gasteiger partial charge in [0, 0.05) is 0 Å². The van der Waals surface area contributed by atoms with Crippen LogP contribution in [0.15, 0.2) is 115 Å². The fourth-order valence-corrected chi connectivity index (χ4v) is 7.18. The van der Waals surface area contributed by atoms with Crippen LogP contribution in [0.1, 0.15) is 49.9 Å². The molecule has 3 heteroatoms. The highest BCUT2D eigenvalue weighted by atomic mass is 16.7. The minimum atomic E-state index is -0.365. The van der Waals surface area contributed by atoms with E-state index >= 15 is 0 Å². The van der Waals surface area contributed by atoms with Crippen LogP contribution in [0.2, 0.25) is 0 Å². The molecule has 8 rings (SSSR count). The zero-order valence-electron chi connectivity index (χ0n) is 23.4. The van der Waals surface area contributed by atoms with E-state index in [1.807, 2.05) is 0 Å². The van der Waals surface area contributed by atoms with E-state index in [0.717, 1.165) is 5.46 Å². The molecule has 2 aliphatic carbocycles. The maximum absolute atomic E-state index is 6.32. The molecule has 3 aliphatic rings. The molecule has 1 aliphatic heterocycles. The summed E-state index contributed by atoms with van der Waals surface area (Å²) in [6.45, 7) is 8.39. The molecule has 1 saturated heterocycles. The highest BCUT2D eigenvalue weighted by Gasteiger charge is 2.53. The predicted octanol–water partition coefficient (Wildman–Crippen LogP) is 8.00.